The van der Waals surface area contributed by atoms with Crippen molar-refractivity contribution in [1.82, 2.24) is 15.0 Å². The van der Waals surface area contributed by atoms with E-state index in [1.54, 1.807) is 0 Å². The first kappa shape index (κ1) is 32.8. The van der Waals surface area contributed by atoms with E-state index in [2.05, 4.69) is 178 Å². The molecule has 12 rings (SSSR count). The summed E-state index contributed by atoms with van der Waals surface area (Å²) in [6, 6.07) is 62.4. The Bertz CT molecular complexity index is 3490. The summed E-state index contributed by atoms with van der Waals surface area (Å²) >= 11 is 0. The molecule has 11 aromatic rings. The molecule has 0 atom stereocenters. The van der Waals surface area contributed by atoms with Gasteiger partial charge in [0, 0.05) is 38.3 Å². The number of furan rings is 1. The van der Waals surface area contributed by atoms with Gasteiger partial charge in [0.05, 0.1) is 0 Å². The molecular formula is C54H35N3O. The monoisotopic (exact) mass is 741 g/mol. The highest BCUT2D eigenvalue weighted by molar-refractivity contribution is 6.34. The second-order valence-corrected chi connectivity index (χ2v) is 15.9. The average molecular weight is 742 g/mol. The van der Waals surface area contributed by atoms with E-state index in [9.17, 15) is 0 Å². The highest BCUT2D eigenvalue weighted by Crippen LogP contribution is 2.49. The highest BCUT2D eigenvalue weighted by atomic mass is 16.3. The fourth-order valence-corrected chi connectivity index (χ4v) is 9.49. The highest BCUT2D eigenvalue weighted by Gasteiger charge is 2.35. The van der Waals surface area contributed by atoms with E-state index in [0.29, 0.717) is 17.5 Å². The van der Waals surface area contributed by atoms with Gasteiger partial charge < -0.3 is 4.42 Å². The summed E-state index contributed by atoms with van der Waals surface area (Å²) in [5, 5.41) is 9.35. The van der Waals surface area contributed by atoms with Gasteiger partial charge in [0.25, 0.3) is 0 Å². The van der Waals surface area contributed by atoms with Crippen molar-refractivity contribution in [2.45, 2.75) is 19.3 Å². The van der Waals surface area contributed by atoms with Crippen molar-refractivity contribution < 1.29 is 4.42 Å². The molecule has 0 fully saturated rings. The lowest BCUT2D eigenvalue weighted by molar-refractivity contribution is 0.660. The summed E-state index contributed by atoms with van der Waals surface area (Å²) in [7, 11) is 0. The molecule has 0 N–H and O–H groups in total. The van der Waals surface area contributed by atoms with Gasteiger partial charge in [0.1, 0.15) is 11.2 Å². The number of nitrogens with zero attached hydrogens (tertiary/aromatic N) is 3. The number of aromatic nitrogens is 3. The minimum absolute atomic E-state index is 0.0931. The van der Waals surface area contributed by atoms with E-state index >= 15 is 0 Å². The largest absolute Gasteiger partial charge is 0.456 e. The second kappa shape index (κ2) is 12.3. The number of hydrogen-bond donors (Lipinski definition) is 0. The van der Waals surface area contributed by atoms with Crippen LogP contribution in [0.5, 0.6) is 0 Å². The van der Waals surface area contributed by atoms with Gasteiger partial charge in [-0.3, -0.25) is 0 Å². The van der Waals surface area contributed by atoms with Crippen LogP contribution in [-0.2, 0) is 5.41 Å². The molecule has 58 heavy (non-hydrogen) atoms. The molecule has 0 saturated carbocycles. The fraction of sp³-hybridized carbons (Fsp3) is 0.0556. The smallest absolute Gasteiger partial charge is 0.164 e. The van der Waals surface area contributed by atoms with Crippen molar-refractivity contribution in [3.05, 3.63) is 187 Å². The van der Waals surface area contributed by atoms with Crippen LogP contribution in [0.15, 0.2) is 180 Å². The zero-order chi connectivity index (χ0) is 38.5. The Kier molecular flexibility index (Phi) is 6.94. The van der Waals surface area contributed by atoms with Crippen LogP contribution in [0.2, 0.25) is 0 Å². The molecule has 0 amide bonds. The molecule has 4 heteroatoms. The summed E-state index contributed by atoms with van der Waals surface area (Å²) in [4.78, 5) is 15.8. The lowest BCUT2D eigenvalue weighted by atomic mass is 9.82. The molecule has 2 aromatic heterocycles. The lowest BCUT2D eigenvalue weighted by Crippen LogP contribution is -2.14. The molecule has 1 aliphatic rings. The van der Waals surface area contributed by atoms with Crippen LogP contribution in [0.3, 0.4) is 0 Å². The van der Waals surface area contributed by atoms with Crippen LogP contribution < -0.4 is 0 Å². The number of hydrogen-bond acceptors (Lipinski definition) is 4. The van der Waals surface area contributed by atoms with E-state index in [1.165, 1.54) is 49.2 Å². The summed E-state index contributed by atoms with van der Waals surface area (Å²) in [6.45, 7) is 4.62. The maximum Gasteiger partial charge on any atom is 0.164 e. The lowest BCUT2D eigenvalue weighted by Gasteiger charge is -2.21. The van der Waals surface area contributed by atoms with Crippen molar-refractivity contribution >= 4 is 54.3 Å². The van der Waals surface area contributed by atoms with Crippen molar-refractivity contribution in [1.29, 1.82) is 0 Å². The van der Waals surface area contributed by atoms with Crippen LogP contribution in [0.1, 0.15) is 25.0 Å². The third kappa shape index (κ3) is 4.85. The fourth-order valence-electron chi connectivity index (χ4n) is 9.49. The summed E-state index contributed by atoms with van der Waals surface area (Å²) in [5.74, 6) is 1.91. The Hall–Kier alpha value is -7.43. The minimum atomic E-state index is -0.0931. The van der Waals surface area contributed by atoms with E-state index in [1.807, 2.05) is 12.1 Å². The first-order valence-electron chi connectivity index (χ1n) is 19.9. The molecule has 1 aliphatic carbocycles. The molecule has 0 aliphatic heterocycles. The van der Waals surface area contributed by atoms with Gasteiger partial charge in [-0.1, -0.05) is 153 Å². The third-order valence-corrected chi connectivity index (χ3v) is 12.3. The Labute approximate surface area is 335 Å². The number of benzene rings is 9. The molecule has 9 aromatic carbocycles. The number of rotatable bonds is 4. The van der Waals surface area contributed by atoms with Crippen LogP contribution in [-0.4, -0.2) is 15.0 Å². The van der Waals surface area contributed by atoms with E-state index in [0.717, 1.165) is 55.1 Å². The molecular weight excluding hydrogens is 707 g/mol. The van der Waals surface area contributed by atoms with Gasteiger partial charge in [-0.2, -0.15) is 0 Å². The van der Waals surface area contributed by atoms with Gasteiger partial charge in [-0.25, -0.2) is 15.0 Å². The Morgan fingerprint density at radius 3 is 1.72 bits per heavy atom. The summed E-state index contributed by atoms with van der Waals surface area (Å²) in [6.07, 6.45) is 0. The molecule has 0 radical (unpaired) electrons. The van der Waals surface area contributed by atoms with Crippen molar-refractivity contribution in [2.75, 3.05) is 0 Å². The normalized spacial score (nSPS) is 13.1. The van der Waals surface area contributed by atoms with Crippen LogP contribution in [0, 0.1) is 0 Å². The first-order chi connectivity index (χ1) is 28.5. The van der Waals surface area contributed by atoms with Crippen LogP contribution in [0.4, 0.5) is 0 Å². The quantitative estimate of drug-likeness (QED) is 0.169. The molecule has 0 bridgehead atoms. The summed E-state index contributed by atoms with van der Waals surface area (Å²) < 4.78 is 6.39. The van der Waals surface area contributed by atoms with Gasteiger partial charge >= 0.3 is 0 Å². The van der Waals surface area contributed by atoms with Gasteiger partial charge in [0.15, 0.2) is 17.5 Å². The standard InChI is InChI=1S/C54H35N3O/c1-54(2)45-21-10-8-19-39(45)44-31-36(24-27-46(44)54)53-56-51(34-16-12-15-33(29-34)32-13-4-3-5-14-32)55-52(57-53)35-23-25-41-43(30-35)38-18-7-6-17-37(38)40-26-28-48-50(49(40)41)42-20-9-11-22-47(42)58-48/h3-31H,1-2H3. The Morgan fingerprint density at radius 2 is 0.914 bits per heavy atom. The SMILES string of the molecule is CC1(C)c2ccccc2-c2cc(-c3nc(-c4cccc(-c5ccccc5)c4)nc(-c4ccc5c(c4)c4ccccc4c4ccc6oc7ccccc7c6c45)n3)ccc21. The maximum absolute atomic E-state index is 6.39. The predicted molar refractivity (Wildman–Crippen MR) is 239 cm³/mol. The Morgan fingerprint density at radius 1 is 0.345 bits per heavy atom. The van der Waals surface area contributed by atoms with Crippen molar-refractivity contribution in [3.63, 3.8) is 0 Å². The van der Waals surface area contributed by atoms with Gasteiger partial charge in [-0.05, 0) is 96.7 Å². The Balaban J connectivity index is 1.10. The van der Waals surface area contributed by atoms with E-state index in [4.69, 9.17) is 19.4 Å². The van der Waals surface area contributed by atoms with Crippen LogP contribution in [0.25, 0.3) is 111 Å². The molecule has 4 nitrogen and oxygen atoms in total. The number of fused-ring (bicyclic) bond motifs is 13. The van der Waals surface area contributed by atoms with Gasteiger partial charge in [0.2, 0.25) is 0 Å². The van der Waals surface area contributed by atoms with Gasteiger partial charge in [-0.15, -0.1) is 0 Å². The molecule has 0 saturated heterocycles. The third-order valence-electron chi connectivity index (χ3n) is 12.3. The average Bonchev–Trinajstić information content (AvgIpc) is 3.78. The first-order valence-corrected chi connectivity index (χ1v) is 19.9. The van der Waals surface area contributed by atoms with E-state index < -0.39 is 0 Å². The minimum Gasteiger partial charge on any atom is -0.456 e. The zero-order valence-electron chi connectivity index (χ0n) is 32.0. The van der Waals surface area contributed by atoms with E-state index in [-0.39, 0.29) is 5.41 Å². The topological polar surface area (TPSA) is 51.8 Å². The zero-order valence-corrected chi connectivity index (χ0v) is 32.0. The number of para-hydroxylation sites is 1. The molecule has 2 heterocycles. The maximum atomic E-state index is 6.39. The molecule has 0 spiro atoms. The predicted octanol–water partition coefficient (Wildman–Crippen LogP) is 14.2. The molecule has 0 unspecified atom stereocenters. The van der Waals surface area contributed by atoms with Crippen LogP contribution >= 0.6 is 0 Å². The second-order valence-electron chi connectivity index (χ2n) is 15.9. The van der Waals surface area contributed by atoms with Crippen molar-refractivity contribution in [2.24, 2.45) is 0 Å². The molecule has 272 valence electrons. The summed E-state index contributed by atoms with van der Waals surface area (Å²) in [5.41, 5.74) is 11.9. The van der Waals surface area contributed by atoms with Crippen molar-refractivity contribution in [3.8, 4) is 56.4 Å².